The number of hydrogen-bond acceptors (Lipinski definition) is 2. The number of hydrogen-bond donors (Lipinski definition) is 1. The van der Waals surface area contributed by atoms with E-state index in [0.29, 0.717) is 5.56 Å². The molecule has 0 aliphatic carbocycles. The van der Waals surface area contributed by atoms with Gasteiger partial charge in [0, 0.05) is 11.8 Å². The van der Waals surface area contributed by atoms with Crippen molar-refractivity contribution in [2.75, 3.05) is 7.05 Å². The van der Waals surface area contributed by atoms with Gasteiger partial charge in [-0.1, -0.05) is 18.2 Å². The normalized spacial score (nSPS) is 12.9. The van der Waals surface area contributed by atoms with E-state index in [0.717, 1.165) is 5.69 Å². The van der Waals surface area contributed by atoms with Gasteiger partial charge in [0.2, 0.25) is 0 Å². The summed E-state index contributed by atoms with van der Waals surface area (Å²) in [5.74, 6) is 0. The van der Waals surface area contributed by atoms with Gasteiger partial charge in [-0.05, 0) is 19.2 Å². The minimum Gasteiger partial charge on any atom is -0.308 e. The number of aromatic nitrogens is 2. The zero-order chi connectivity index (χ0) is 12.3. The van der Waals surface area contributed by atoms with Crippen molar-refractivity contribution in [2.24, 2.45) is 0 Å². The number of rotatable bonds is 4. The summed E-state index contributed by atoms with van der Waals surface area (Å²) in [7, 11) is 1.51. The molecule has 0 bridgehead atoms. The van der Waals surface area contributed by atoms with Crippen LogP contribution in [0.3, 0.4) is 0 Å². The Bertz CT molecular complexity index is 468. The van der Waals surface area contributed by atoms with Gasteiger partial charge in [-0.3, -0.25) is 0 Å². The van der Waals surface area contributed by atoms with Crippen LogP contribution in [-0.2, 0) is 0 Å². The van der Waals surface area contributed by atoms with Gasteiger partial charge < -0.3 is 5.32 Å². The van der Waals surface area contributed by atoms with Gasteiger partial charge in [0.25, 0.3) is 6.43 Å². The maximum Gasteiger partial charge on any atom is 0.257 e. The molecule has 1 atom stereocenters. The van der Waals surface area contributed by atoms with E-state index in [-0.39, 0.29) is 0 Å². The molecule has 1 aromatic carbocycles. The average Bonchev–Trinajstić information content (AvgIpc) is 2.80. The van der Waals surface area contributed by atoms with E-state index in [1.54, 1.807) is 10.9 Å². The van der Waals surface area contributed by atoms with Crippen LogP contribution < -0.4 is 5.32 Å². The topological polar surface area (TPSA) is 29.9 Å². The van der Waals surface area contributed by atoms with Gasteiger partial charge in [-0.2, -0.15) is 5.10 Å². The molecule has 0 radical (unpaired) electrons. The van der Waals surface area contributed by atoms with E-state index in [4.69, 9.17) is 0 Å². The van der Waals surface area contributed by atoms with E-state index in [1.807, 2.05) is 30.3 Å². The first-order valence-corrected chi connectivity index (χ1v) is 5.28. The van der Waals surface area contributed by atoms with Crippen molar-refractivity contribution in [2.45, 2.75) is 12.5 Å². The van der Waals surface area contributed by atoms with Crippen molar-refractivity contribution >= 4 is 0 Å². The Morgan fingerprint density at radius 3 is 2.53 bits per heavy atom. The maximum atomic E-state index is 12.7. The lowest BCUT2D eigenvalue weighted by atomic mass is 10.2. The van der Waals surface area contributed by atoms with Crippen molar-refractivity contribution in [3.63, 3.8) is 0 Å². The fourth-order valence-corrected chi connectivity index (χ4v) is 1.66. The molecule has 17 heavy (non-hydrogen) atoms. The molecule has 0 aliphatic heterocycles. The van der Waals surface area contributed by atoms with Crippen LogP contribution in [0.5, 0.6) is 0 Å². The molecule has 0 amide bonds. The standard InChI is InChI=1S/C12H13F2N3/c1-15-11(12(13)14)9-7-16-17(8-9)10-5-3-2-4-6-10/h2-8,11-12,15H,1H3. The predicted molar refractivity (Wildman–Crippen MR) is 61.4 cm³/mol. The van der Waals surface area contributed by atoms with Crippen LogP contribution in [0.25, 0.3) is 5.69 Å². The van der Waals surface area contributed by atoms with Crippen molar-refractivity contribution in [3.8, 4) is 5.69 Å². The van der Waals surface area contributed by atoms with Gasteiger partial charge in [-0.15, -0.1) is 0 Å². The smallest absolute Gasteiger partial charge is 0.257 e. The molecule has 1 unspecified atom stereocenters. The van der Waals surface area contributed by atoms with E-state index in [2.05, 4.69) is 10.4 Å². The molecular weight excluding hydrogens is 224 g/mol. The summed E-state index contributed by atoms with van der Waals surface area (Å²) in [6.45, 7) is 0. The molecule has 0 saturated heterocycles. The van der Waals surface area contributed by atoms with Crippen molar-refractivity contribution in [1.29, 1.82) is 0 Å². The number of halogens is 2. The van der Waals surface area contributed by atoms with Crippen LogP contribution >= 0.6 is 0 Å². The zero-order valence-electron chi connectivity index (χ0n) is 9.35. The number of para-hydroxylation sites is 1. The predicted octanol–water partition coefficient (Wildman–Crippen LogP) is 2.40. The van der Waals surface area contributed by atoms with Gasteiger partial charge >= 0.3 is 0 Å². The quantitative estimate of drug-likeness (QED) is 0.884. The molecule has 0 spiro atoms. The van der Waals surface area contributed by atoms with Gasteiger partial charge in [-0.25, -0.2) is 13.5 Å². The fourth-order valence-electron chi connectivity index (χ4n) is 1.66. The summed E-state index contributed by atoms with van der Waals surface area (Å²) in [6.07, 6.45) is 0.622. The lowest BCUT2D eigenvalue weighted by Gasteiger charge is -2.12. The Hall–Kier alpha value is -1.75. The Morgan fingerprint density at radius 1 is 1.24 bits per heavy atom. The third-order valence-corrected chi connectivity index (χ3v) is 2.55. The molecule has 3 nitrogen and oxygen atoms in total. The number of benzene rings is 1. The van der Waals surface area contributed by atoms with Crippen LogP contribution in [-0.4, -0.2) is 23.3 Å². The molecule has 2 rings (SSSR count). The molecule has 90 valence electrons. The van der Waals surface area contributed by atoms with Gasteiger partial charge in [0.1, 0.15) is 0 Å². The molecule has 1 heterocycles. The van der Waals surface area contributed by atoms with Crippen molar-refractivity contribution in [1.82, 2.24) is 15.1 Å². The summed E-state index contributed by atoms with van der Waals surface area (Å²) >= 11 is 0. The minimum absolute atomic E-state index is 0.478. The molecule has 1 N–H and O–H groups in total. The van der Waals surface area contributed by atoms with E-state index in [9.17, 15) is 8.78 Å². The van der Waals surface area contributed by atoms with Crippen molar-refractivity contribution < 1.29 is 8.78 Å². The fraction of sp³-hybridized carbons (Fsp3) is 0.250. The highest BCUT2D eigenvalue weighted by Gasteiger charge is 2.21. The average molecular weight is 237 g/mol. The maximum absolute atomic E-state index is 12.7. The molecule has 0 saturated carbocycles. The molecule has 0 aliphatic rings. The molecule has 2 aromatic rings. The first kappa shape index (κ1) is 11.7. The lowest BCUT2D eigenvalue weighted by Crippen LogP contribution is -2.23. The van der Waals surface area contributed by atoms with Crippen LogP contribution in [0.1, 0.15) is 11.6 Å². The Labute approximate surface area is 98.1 Å². The van der Waals surface area contributed by atoms with Crippen molar-refractivity contribution in [3.05, 3.63) is 48.3 Å². The van der Waals surface area contributed by atoms with Crippen LogP contribution in [0, 0.1) is 0 Å². The highest BCUT2D eigenvalue weighted by molar-refractivity contribution is 5.31. The van der Waals surface area contributed by atoms with E-state index >= 15 is 0 Å². The lowest BCUT2D eigenvalue weighted by molar-refractivity contribution is 0.102. The second-order valence-electron chi connectivity index (χ2n) is 3.65. The van der Waals surface area contributed by atoms with Crippen LogP contribution in [0.2, 0.25) is 0 Å². The Morgan fingerprint density at radius 2 is 1.94 bits per heavy atom. The minimum atomic E-state index is -2.45. The highest BCUT2D eigenvalue weighted by Crippen LogP contribution is 2.20. The second kappa shape index (κ2) is 5.05. The van der Waals surface area contributed by atoms with Crippen LogP contribution in [0.4, 0.5) is 8.78 Å². The molecule has 5 heteroatoms. The summed E-state index contributed by atoms with van der Waals surface area (Å²) in [5.41, 5.74) is 1.33. The highest BCUT2D eigenvalue weighted by atomic mass is 19.3. The Kier molecular flexibility index (Phi) is 3.49. The number of alkyl halides is 2. The molecule has 1 aromatic heterocycles. The summed E-state index contributed by atoms with van der Waals surface area (Å²) < 4.78 is 27.0. The first-order chi connectivity index (χ1) is 8.22. The summed E-state index contributed by atoms with van der Waals surface area (Å²) in [5, 5.41) is 6.66. The van der Waals surface area contributed by atoms with E-state index in [1.165, 1.54) is 13.2 Å². The van der Waals surface area contributed by atoms with Gasteiger partial charge in [0.05, 0.1) is 17.9 Å². The molecule has 0 fully saturated rings. The third kappa shape index (κ3) is 2.50. The number of nitrogens with zero attached hydrogens (tertiary/aromatic N) is 2. The third-order valence-electron chi connectivity index (χ3n) is 2.55. The number of nitrogens with one attached hydrogen (secondary N) is 1. The van der Waals surface area contributed by atoms with Gasteiger partial charge in [0.15, 0.2) is 0 Å². The summed E-state index contributed by atoms with van der Waals surface area (Å²) in [4.78, 5) is 0. The van der Waals surface area contributed by atoms with Crippen LogP contribution in [0.15, 0.2) is 42.7 Å². The molecular formula is C12H13F2N3. The largest absolute Gasteiger partial charge is 0.308 e. The zero-order valence-corrected chi connectivity index (χ0v) is 9.35. The first-order valence-electron chi connectivity index (χ1n) is 5.28. The Balaban J connectivity index is 2.27. The summed E-state index contributed by atoms with van der Waals surface area (Å²) in [6, 6.07) is 8.40. The monoisotopic (exact) mass is 237 g/mol. The van der Waals surface area contributed by atoms with E-state index < -0.39 is 12.5 Å². The second-order valence-corrected chi connectivity index (χ2v) is 3.65. The SMILES string of the molecule is CNC(c1cnn(-c2ccccc2)c1)C(F)F.